The fourth-order valence-corrected chi connectivity index (χ4v) is 3.21. The van der Waals surface area contributed by atoms with E-state index in [2.05, 4.69) is 9.98 Å². The minimum atomic E-state index is -0.767. The molecule has 0 saturated carbocycles. The van der Waals surface area contributed by atoms with E-state index in [1.807, 2.05) is 0 Å². The van der Waals surface area contributed by atoms with E-state index in [-0.39, 0.29) is 45.8 Å². The number of fused-ring (bicyclic) bond motifs is 1. The van der Waals surface area contributed by atoms with Gasteiger partial charge in [0.05, 0.1) is 27.8 Å². The Labute approximate surface area is 181 Å². The van der Waals surface area contributed by atoms with Crippen molar-refractivity contribution >= 4 is 40.7 Å². The first-order chi connectivity index (χ1) is 14.7. The van der Waals surface area contributed by atoms with Crippen molar-refractivity contribution in [1.82, 2.24) is 0 Å². The number of hydrogen-bond acceptors (Lipinski definition) is 6. The molecule has 10 heteroatoms. The number of amidine groups is 1. The quantitative estimate of drug-likeness (QED) is 0.245. The van der Waals surface area contributed by atoms with Crippen molar-refractivity contribution < 1.29 is 24.4 Å². The third-order valence-electron chi connectivity index (χ3n) is 4.32. The van der Waals surface area contributed by atoms with E-state index in [1.54, 1.807) is 31.2 Å². The Morgan fingerprint density at radius 1 is 1.23 bits per heavy atom. The van der Waals surface area contributed by atoms with E-state index in [0.717, 1.165) is 12.1 Å². The number of benzene rings is 2. The molecule has 2 aromatic rings. The van der Waals surface area contributed by atoms with Crippen molar-refractivity contribution in [3.63, 3.8) is 0 Å². The topological polar surface area (TPSA) is 131 Å². The van der Waals surface area contributed by atoms with Crippen molar-refractivity contribution in [3.8, 4) is 0 Å². The number of nitrogens with zero attached hydrogens (tertiary/aromatic N) is 3. The highest BCUT2D eigenvalue weighted by atomic mass is 35.5. The monoisotopic (exact) mass is 441 g/mol. The molecule has 31 heavy (non-hydrogen) atoms. The first kappa shape index (κ1) is 21.8. The SMILES string of the molecule is CCOC(=O)/C(C1=NC(=NC(=O)c2ccc([N+](=O)[O-])cc2Cl)c2ccccc21)=C(/C)O. The first-order valence-electron chi connectivity index (χ1n) is 9.07. The van der Waals surface area contributed by atoms with Crippen LogP contribution in [0.4, 0.5) is 5.69 Å². The van der Waals surface area contributed by atoms with Gasteiger partial charge in [0.25, 0.3) is 11.6 Å². The van der Waals surface area contributed by atoms with Crippen LogP contribution in [0.2, 0.25) is 5.02 Å². The summed E-state index contributed by atoms with van der Waals surface area (Å²) in [6, 6.07) is 10.2. The van der Waals surface area contributed by atoms with Gasteiger partial charge in [0.2, 0.25) is 0 Å². The summed E-state index contributed by atoms with van der Waals surface area (Å²) in [5.74, 6) is -1.81. The minimum Gasteiger partial charge on any atom is -0.512 e. The number of esters is 1. The fraction of sp³-hybridized carbons (Fsp3) is 0.143. The molecule has 2 aromatic carbocycles. The van der Waals surface area contributed by atoms with Gasteiger partial charge in [-0.2, -0.15) is 4.99 Å². The summed E-state index contributed by atoms with van der Waals surface area (Å²) < 4.78 is 5.01. The predicted molar refractivity (Wildman–Crippen MR) is 114 cm³/mol. The van der Waals surface area contributed by atoms with Gasteiger partial charge >= 0.3 is 5.97 Å². The number of aliphatic hydroxyl groups is 1. The molecule has 0 spiro atoms. The maximum atomic E-state index is 12.7. The zero-order valence-electron chi connectivity index (χ0n) is 16.5. The second-order valence-corrected chi connectivity index (χ2v) is 6.76. The Morgan fingerprint density at radius 2 is 1.90 bits per heavy atom. The smallest absolute Gasteiger partial charge is 0.343 e. The van der Waals surface area contributed by atoms with Crippen LogP contribution in [0, 0.1) is 10.1 Å². The molecule has 1 aliphatic rings. The molecule has 0 aromatic heterocycles. The number of hydrogen-bond donors (Lipinski definition) is 1. The average molecular weight is 442 g/mol. The molecule has 0 bridgehead atoms. The lowest BCUT2D eigenvalue weighted by Gasteiger charge is -2.08. The number of rotatable bonds is 5. The molecule has 1 heterocycles. The summed E-state index contributed by atoms with van der Waals surface area (Å²) in [6.07, 6.45) is 0. The van der Waals surface area contributed by atoms with Crippen LogP contribution < -0.4 is 0 Å². The van der Waals surface area contributed by atoms with Crippen LogP contribution in [0.5, 0.6) is 0 Å². The number of carbonyl (C=O) groups excluding carboxylic acids is 2. The lowest BCUT2D eigenvalue weighted by molar-refractivity contribution is -0.384. The van der Waals surface area contributed by atoms with Crippen LogP contribution in [-0.4, -0.2) is 40.1 Å². The highest BCUT2D eigenvalue weighted by molar-refractivity contribution is 6.37. The predicted octanol–water partition coefficient (Wildman–Crippen LogP) is 4.03. The molecule has 3 rings (SSSR count). The summed E-state index contributed by atoms with van der Waals surface area (Å²) in [5.41, 5.74) is 0.631. The highest BCUT2D eigenvalue weighted by Gasteiger charge is 2.30. The van der Waals surface area contributed by atoms with Gasteiger partial charge in [-0.05, 0) is 19.9 Å². The zero-order chi connectivity index (χ0) is 22.7. The van der Waals surface area contributed by atoms with Gasteiger partial charge in [0.1, 0.15) is 11.3 Å². The summed E-state index contributed by atoms with van der Waals surface area (Å²) in [4.78, 5) is 43.6. The molecular formula is C21H16ClN3O6. The van der Waals surface area contributed by atoms with Crippen molar-refractivity contribution in [2.45, 2.75) is 13.8 Å². The summed E-state index contributed by atoms with van der Waals surface area (Å²) in [7, 11) is 0. The van der Waals surface area contributed by atoms with Gasteiger partial charge in [-0.25, -0.2) is 9.79 Å². The standard InChI is InChI=1S/C21H16ClN3O6/c1-3-31-21(28)17(11(2)26)18-13-6-4-5-7-14(13)19(23-18)24-20(27)15-9-8-12(25(29)30)10-16(15)22/h4-10,26H,3H2,1-2H3/b17-11-,24-19?. The third kappa shape index (κ3) is 4.36. The Kier molecular flexibility index (Phi) is 6.26. The van der Waals surface area contributed by atoms with Crippen LogP contribution in [0.25, 0.3) is 0 Å². The van der Waals surface area contributed by atoms with E-state index in [9.17, 15) is 24.8 Å². The summed E-state index contributed by atoms with van der Waals surface area (Å²) in [5, 5.41) is 20.8. The fourth-order valence-electron chi connectivity index (χ4n) is 2.95. The molecule has 1 aliphatic heterocycles. The average Bonchev–Trinajstić information content (AvgIpc) is 3.06. The van der Waals surface area contributed by atoms with Crippen LogP contribution in [0.1, 0.15) is 35.3 Å². The number of non-ortho nitro benzene ring substituents is 1. The Hall–Kier alpha value is -3.85. The Morgan fingerprint density at radius 3 is 2.48 bits per heavy atom. The summed E-state index contributed by atoms with van der Waals surface area (Å²) in [6.45, 7) is 3.06. The van der Waals surface area contributed by atoms with Gasteiger partial charge < -0.3 is 9.84 Å². The molecule has 9 nitrogen and oxygen atoms in total. The van der Waals surface area contributed by atoms with Crippen LogP contribution in [0.3, 0.4) is 0 Å². The van der Waals surface area contributed by atoms with Gasteiger partial charge in [-0.15, -0.1) is 0 Å². The molecule has 1 N–H and O–H groups in total. The molecule has 0 aliphatic carbocycles. The van der Waals surface area contributed by atoms with Crippen LogP contribution >= 0.6 is 11.6 Å². The molecule has 158 valence electrons. The van der Waals surface area contributed by atoms with Crippen molar-refractivity contribution in [2.75, 3.05) is 6.61 Å². The maximum Gasteiger partial charge on any atom is 0.343 e. The maximum absolute atomic E-state index is 12.7. The largest absolute Gasteiger partial charge is 0.512 e. The number of allylic oxidation sites excluding steroid dienone is 1. The highest BCUT2D eigenvalue weighted by Crippen LogP contribution is 2.27. The number of ether oxygens (including phenoxy) is 1. The molecule has 1 amide bonds. The van der Waals surface area contributed by atoms with E-state index in [4.69, 9.17) is 16.3 Å². The van der Waals surface area contributed by atoms with Gasteiger partial charge in [0.15, 0.2) is 5.84 Å². The van der Waals surface area contributed by atoms with Crippen LogP contribution in [-0.2, 0) is 9.53 Å². The number of carbonyl (C=O) groups is 2. The molecule has 0 fully saturated rings. The number of aliphatic imine (C=N–C) groups is 2. The van der Waals surface area contributed by atoms with E-state index in [1.165, 1.54) is 13.0 Å². The number of halogens is 1. The third-order valence-corrected chi connectivity index (χ3v) is 4.63. The van der Waals surface area contributed by atoms with Gasteiger partial charge in [-0.3, -0.25) is 14.9 Å². The summed E-state index contributed by atoms with van der Waals surface area (Å²) >= 11 is 6.02. The van der Waals surface area contributed by atoms with Gasteiger partial charge in [-0.1, -0.05) is 35.9 Å². The molecule has 0 unspecified atom stereocenters. The number of aliphatic hydroxyl groups excluding tert-OH is 1. The van der Waals surface area contributed by atoms with Crippen molar-refractivity contribution in [3.05, 3.63) is 85.6 Å². The van der Waals surface area contributed by atoms with Crippen molar-refractivity contribution in [1.29, 1.82) is 0 Å². The number of amides is 1. The van der Waals surface area contributed by atoms with E-state index in [0.29, 0.717) is 11.1 Å². The lowest BCUT2D eigenvalue weighted by Crippen LogP contribution is -2.18. The Balaban J connectivity index is 2.08. The van der Waals surface area contributed by atoms with E-state index < -0.39 is 16.8 Å². The Bertz CT molecular complexity index is 1200. The van der Waals surface area contributed by atoms with Gasteiger partial charge in [0, 0.05) is 23.3 Å². The second-order valence-electron chi connectivity index (χ2n) is 6.35. The number of nitro groups is 1. The second kappa shape index (κ2) is 8.88. The zero-order valence-corrected chi connectivity index (χ0v) is 17.2. The van der Waals surface area contributed by atoms with E-state index >= 15 is 0 Å². The van der Waals surface area contributed by atoms with Crippen molar-refractivity contribution in [2.24, 2.45) is 9.98 Å². The molecular weight excluding hydrogens is 426 g/mol. The number of nitro benzene ring substituents is 1. The molecule has 0 radical (unpaired) electrons. The molecule has 0 saturated heterocycles. The first-order valence-corrected chi connectivity index (χ1v) is 9.45. The normalized spacial score (nSPS) is 14.5. The van der Waals surface area contributed by atoms with Crippen LogP contribution in [0.15, 0.2) is 63.8 Å². The lowest BCUT2D eigenvalue weighted by atomic mass is 9.99. The minimum absolute atomic E-state index is 0.00747. The molecule has 0 atom stereocenters.